The van der Waals surface area contributed by atoms with Crippen LogP contribution in [0.2, 0.25) is 0 Å². The van der Waals surface area contributed by atoms with Gasteiger partial charge in [-0.2, -0.15) is 0 Å². The Morgan fingerprint density at radius 2 is 2.33 bits per heavy atom. The summed E-state index contributed by atoms with van der Waals surface area (Å²) in [7, 11) is 3.57. The molecule has 0 spiro atoms. The Bertz CT molecular complexity index is 548. The second-order valence-corrected chi connectivity index (χ2v) is 4.68. The predicted octanol–water partition coefficient (Wildman–Crippen LogP) is 0.804. The topological polar surface area (TPSA) is 84.7 Å². The summed E-state index contributed by atoms with van der Waals surface area (Å²) in [4.78, 5) is 16.1. The number of hydrogen-bond acceptors (Lipinski definition) is 6. The Balaban J connectivity index is 2.05. The number of hydrogen-bond donors (Lipinski definition) is 2. The van der Waals surface area contributed by atoms with Gasteiger partial charge in [0.2, 0.25) is 0 Å². The highest BCUT2D eigenvalue weighted by Gasteiger charge is 2.13. The van der Waals surface area contributed by atoms with E-state index in [9.17, 15) is 4.79 Å². The lowest BCUT2D eigenvalue weighted by molar-refractivity contribution is 0.102. The van der Waals surface area contributed by atoms with Crippen LogP contribution in [0.25, 0.3) is 0 Å². The molecule has 2 heterocycles. The first-order chi connectivity index (χ1) is 8.60. The molecule has 0 radical (unpaired) electrons. The Labute approximate surface area is 108 Å². The summed E-state index contributed by atoms with van der Waals surface area (Å²) in [5.74, 6) is -0.305. The van der Waals surface area contributed by atoms with E-state index in [1.807, 2.05) is 19.4 Å². The molecule has 8 heteroatoms. The predicted molar refractivity (Wildman–Crippen MR) is 68.5 cm³/mol. The number of rotatable bonds is 4. The van der Waals surface area contributed by atoms with Gasteiger partial charge in [-0.3, -0.25) is 14.8 Å². The monoisotopic (exact) mass is 266 g/mol. The largest absolute Gasteiger partial charge is 0.312 e. The molecule has 2 aromatic rings. The van der Waals surface area contributed by atoms with Gasteiger partial charge in [0.25, 0.3) is 5.91 Å². The second kappa shape index (κ2) is 5.23. The summed E-state index contributed by atoms with van der Waals surface area (Å²) in [6, 6.07) is 0.156. The van der Waals surface area contributed by atoms with Crippen LogP contribution >= 0.6 is 11.3 Å². The fourth-order valence-corrected chi connectivity index (χ4v) is 2.10. The normalized spacial score (nSPS) is 12.4. The quantitative estimate of drug-likeness (QED) is 0.855. The van der Waals surface area contributed by atoms with Crippen LogP contribution in [0.15, 0.2) is 11.6 Å². The minimum absolute atomic E-state index is 0.156. The molecule has 0 aliphatic carbocycles. The third-order valence-corrected chi connectivity index (χ3v) is 3.23. The van der Waals surface area contributed by atoms with E-state index in [2.05, 4.69) is 25.9 Å². The van der Waals surface area contributed by atoms with Crippen molar-refractivity contribution in [1.82, 2.24) is 25.3 Å². The van der Waals surface area contributed by atoms with Crippen molar-refractivity contribution in [2.24, 2.45) is 7.05 Å². The van der Waals surface area contributed by atoms with Crippen molar-refractivity contribution in [3.63, 3.8) is 0 Å². The average molecular weight is 266 g/mol. The third kappa shape index (κ3) is 2.71. The maximum Gasteiger partial charge on any atom is 0.279 e. The maximum atomic E-state index is 11.8. The van der Waals surface area contributed by atoms with Gasteiger partial charge in [-0.25, -0.2) is 4.98 Å². The van der Waals surface area contributed by atoms with Gasteiger partial charge in [0.05, 0.1) is 11.9 Å². The van der Waals surface area contributed by atoms with Gasteiger partial charge in [0, 0.05) is 18.5 Å². The van der Waals surface area contributed by atoms with Crippen LogP contribution in [0.1, 0.15) is 29.1 Å². The molecule has 1 unspecified atom stereocenters. The Morgan fingerprint density at radius 1 is 1.56 bits per heavy atom. The standard InChI is InChI=1S/C10H14N6OS/c1-6(11-2)8-5-18-10(12-8)13-9(17)7-4-16(3)15-14-7/h4-6,11H,1-3H3,(H,12,13,17). The first kappa shape index (κ1) is 12.7. The molecule has 1 atom stereocenters. The van der Waals surface area contributed by atoms with E-state index in [1.165, 1.54) is 16.0 Å². The summed E-state index contributed by atoms with van der Waals surface area (Å²) in [6.45, 7) is 2.00. The highest BCUT2D eigenvalue weighted by molar-refractivity contribution is 7.14. The summed E-state index contributed by atoms with van der Waals surface area (Å²) >= 11 is 1.38. The number of nitrogens with zero attached hydrogens (tertiary/aromatic N) is 4. The number of carbonyl (C=O) groups excluding carboxylic acids is 1. The van der Waals surface area contributed by atoms with Crippen LogP contribution in [0.3, 0.4) is 0 Å². The Kier molecular flexibility index (Phi) is 3.68. The Morgan fingerprint density at radius 3 is 2.94 bits per heavy atom. The van der Waals surface area contributed by atoms with Crippen molar-refractivity contribution in [3.05, 3.63) is 23.0 Å². The molecule has 1 amide bonds. The fourth-order valence-electron chi connectivity index (χ4n) is 1.30. The van der Waals surface area contributed by atoms with Gasteiger partial charge in [0.15, 0.2) is 10.8 Å². The van der Waals surface area contributed by atoms with Gasteiger partial charge in [0.1, 0.15) is 0 Å². The summed E-state index contributed by atoms with van der Waals surface area (Å²) in [5, 5.41) is 15.7. The number of aryl methyl sites for hydroxylation is 1. The van der Waals surface area contributed by atoms with Gasteiger partial charge >= 0.3 is 0 Å². The fraction of sp³-hybridized carbons (Fsp3) is 0.400. The lowest BCUT2D eigenvalue weighted by atomic mass is 10.3. The minimum Gasteiger partial charge on any atom is -0.312 e. The molecule has 7 nitrogen and oxygen atoms in total. The number of carbonyl (C=O) groups is 1. The molecule has 0 aliphatic rings. The molecule has 0 saturated heterocycles. The van der Waals surface area contributed by atoms with E-state index in [0.29, 0.717) is 5.13 Å². The SMILES string of the molecule is CNC(C)c1csc(NC(=O)c2cn(C)nn2)n1. The number of nitrogens with one attached hydrogen (secondary N) is 2. The van der Waals surface area contributed by atoms with Crippen LogP contribution in [0.5, 0.6) is 0 Å². The van der Waals surface area contributed by atoms with Crippen molar-refractivity contribution >= 4 is 22.4 Å². The molecule has 0 bridgehead atoms. The molecule has 0 fully saturated rings. The Hall–Kier alpha value is -1.80. The molecule has 18 heavy (non-hydrogen) atoms. The van der Waals surface area contributed by atoms with Crippen molar-refractivity contribution in [2.75, 3.05) is 12.4 Å². The molecule has 2 rings (SSSR count). The molecule has 0 aliphatic heterocycles. The first-order valence-electron chi connectivity index (χ1n) is 5.40. The number of amides is 1. The first-order valence-corrected chi connectivity index (χ1v) is 6.28. The van der Waals surface area contributed by atoms with Gasteiger partial charge < -0.3 is 5.32 Å². The second-order valence-electron chi connectivity index (χ2n) is 3.82. The van der Waals surface area contributed by atoms with E-state index >= 15 is 0 Å². The van der Waals surface area contributed by atoms with E-state index < -0.39 is 0 Å². The smallest absolute Gasteiger partial charge is 0.279 e. The summed E-state index contributed by atoms with van der Waals surface area (Å²) < 4.78 is 1.48. The van der Waals surface area contributed by atoms with Crippen molar-refractivity contribution in [1.29, 1.82) is 0 Å². The average Bonchev–Trinajstić information content (AvgIpc) is 2.97. The zero-order valence-electron chi connectivity index (χ0n) is 10.3. The number of thiazole rings is 1. The summed E-state index contributed by atoms with van der Waals surface area (Å²) in [5.41, 5.74) is 1.17. The maximum absolute atomic E-state index is 11.8. The van der Waals surface area contributed by atoms with Crippen molar-refractivity contribution in [3.8, 4) is 0 Å². The van der Waals surface area contributed by atoms with Crippen LogP contribution in [0, 0.1) is 0 Å². The molecule has 0 saturated carbocycles. The molecular formula is C10H14N6OS. The van der Waals surface area contributed by atoms with Crippen molar-refractivity contribution < 1.29 is 4.79 Å². The highest BCUT2D eigenvalue weighted by atomic mass is 32.1. The van der Waals surface area contributed by atoms with Crippen LogP contribution in [-0.4, -0.2) is 32.9 Å². The lowest BCUT2D eigenvalue weighted by Crippen LogP contribution is -2.14. The molecule has 2 aromatic heterocycles. The lowest BCUT2D eigenvalue weighted by Gasteiger charge is -2.04. The summed E-state index contributed by atoms with van der Waals surface area (Å²) in [6.07, 6.45) is 1.56. The van der Waals surface area contributed by atoms with E-state index in [4.69, 9.17) is 0 Å². The van der Waals surface area contributed by atoms with E-state index in [0.717, 1.165) is 5.69 Å². The molecule has 2 N–H and O–H groups in total. The van der Waals surface area contributed by atoms with Crippen LogP contribution in [-0.2, 0) is 7.05 Å². The zero-order chi connectivity index (χ0) is 13.1. The van der Waals surface area contributed by atoms with Crippen LogP contribution < -0.4 is 10.6 Å². The molecule has 96 valence electrons. The minimum atomic E-state index is -0.305. The van der Waals surface area contributed by atoms with Gasteiger partial charge in [-0.15, -0.1) is 16.4 Å². The number of aromatic nitrogens is 4. The highest BCUT2D eigenvalue weighted by Crippen LogP contribution is 2.20. The number of anilines is 1. The molecule has 0 aromatic carbocycles. The zero-order valence-corrected chi connectivity index (χ0v) is 11.2. The molecular weight excluding hydrogens is 252 g/mol. The van der Waals surface area contributed by atoms with E-state index in [1.54, 1.807) is 13.2 Å². The van der Waals surface area contributed by atoms with Gasteiger partial charge in [-0.05, 0) is 14.0 Å². The van der Waals surface area contributed by atoms with Crippen LogP contribution in [0.4, 0.5) is 5.13 Å². The third-order valence-electron chi connectivity index (χ3n) is 2.45. The van der Waals surface area contributed by atoms with Gasteiger partial charge in [-0.1, -0.05) is 5.21 Å². The van der Waals surface area contributed by atoms with E-state index in [-0.39, 0.29) is 17.6 Å². The van der Waals surface area contributed by atoms with Crippen molar-refractivity contribution in [2.45, 2.75) is 13.0 Å².